The molecule has 1 aliphatic carbocycles. The van der Waals surface area contributed by atoms with Crippen LogP contribution in [0.5, 0.6) is 0 Å². The summed E-state index contributed by atoms with van der Waals surface area (Å²) in [5.41, 5.74) is 3.33. The molecule has 2 rings (SSSR count). The molecule has 132 valence electrons. The predicted octanol–water partition coefficient (Wildman–Crippen LogP) is 2.56. The molecule has 0 amide bonds. The first-order valence-corrected chi connectivity index (χ1v) is 10.2. The first-order chi connectivity index (χ1) is 11.4. The Morgan fingerprint density at radius 3 is 2.67 bits per heavy atom. The fourth-order valence-corrected chi connectivity index (χ4v) is 3.91. The average Bonchev–Trinajstić information content (AvgIpc) is 3.02. The summed E-state index contributed by atoms with van der Waals surface area (Å²) in [6.07, 6.45) is 8.35. The van der Waals surface area contributed by atoms with Gasteiger partial charge in [0.05, 0.1) is 4.90 Å². The van der Waals surface area contributed by atoms with Gasteiger partial charge < -0.3 is 10.6 Å². The summed E-state index contributed by atoms with van der Waals surface area (Å²) in [6.45, 7) is 3.30. The number of aryl methyl sites for hydroxylation is 1. The molecule has 0 saturated heterocycles. The zero-order valence-corrected chi connectivity index (χ0v) is 15.5. The molecule has 1 aliphatic rings. The van der Waals surface area contributed by atoms with Gasteiger partial charge in [-0.1, -0.05) is 23.8 Å². The molecule has 1 aromatic rings. The lowest BCUT2D eigenvalue weighted by Crippen LogP contribution is -2.37. The number of guanidine groups is 1. The van der Waals surface area contributed by atoms with Crippen LogP contribution in [0, 0.1) is 6.92 Å². The smallest absolute Gasteiger partial charge is 0.191 e. The molecule has 0 aliphatic heterocycles. The third-order valence-corrected chi connectivity index (χ3v) is 5.45. The molecule has 0 unspecified atom stereocenters. The zero-order valence-electron chi connectivity index (χ0n) is 14.7. The number of benzene rings is 1. The van der Waals surface area contributed by atoms with Crippen molar-refractivity contribution in [2.75, 3.05) is 19.8 Å². The number of rotatable bonds is 6. The van der Waals surface area contributed by atoms with Crippen molar-refractivity contribution in [3.63, 3.8) is 0 Å². The van der Waals surface area contributed by atoms with E-state index >= 15 is 0 Å². The second kappa shape index (κ2) is 8.33. The van der Waals surface area contributed by atoms with Crippen LogP contribution in [-0.4, -0.2) is 34.2 Å². The van der Waals surface area contributed by atoms with E-state index < -0.39 is 9.84 Å². The maximum atomic E-state index is 11.7. The Morgan fingerprint density at radius 2 is 2.08 bits per heavy atom. The van der Waals surface area contributed by atoms with Gasteiger partial charge in [-0.3, -0.25) is 4.99 Å². The van der Waals surface area contributed by atoms with Crippen LogP contribution in [0.25, 0.3) is 0 Å². The Balaban J connectivity index is 1.85. The van der Waals surface area contributed by atoms with Crippen LogP contribution in [0.4, 0.5) is 0 Å². The molecule has 6 heteroatoms. The number of sulfone groups is 1. The van der Waals surface area contributed by atoms with Crippen LogP contribution in [0.1, 0.15) is 36.8 Å². The van der Waals surface area contributed by atoms with E-state index in [4.69, 9.17) is 0 Å². The van der Waals surface area contributed by atoms with Crippen molar-refractivity contribution in [2.45, 2.75) is 44.0 Å². The maximum Gasteiger partial charge on any atom is 0.191 e. The van der Waals surface area contributed by atoms with Crippen LogP contribution >= 0.6 is 0 Å². The molecule has 0 fully saturated rings. The van der Waals surface area contributed by atoms with Gasteiger partial charge >= 0.3 is 0 Å². The van der Waals surface area contributed by atoms with E-state index in [1.54, 1.807) is 13.1 Å². The van der Waals surface area contributed by atoms with E-state index in [1.165, 1.54) is 31.1 Å². The third-order valence-electron chi connectivity index (χ3n) is 4.20. The van der Waals surface area contributed by atoms with Gasteiger partial charge in [0.25, 0.3) is 0 Å². The van der Waals surface area contributed by atoms with Gasteiger partial charge in [-0.05, 0) is 49.8 Å². The van der Waals surface area contributed by atoms with E-state index in [0.29, 0.717) is 11.4 Å². The molecule has 0 radical (unpaired) electrons. The molecule has 2 N–H and O–H groups in total. The Labute approximate surface area is 145 Å². The van der Waals surface area contributed by atoms with Crippen LogP contribution < -0.4 is 10.6 Å². The SMILES string of the molecule is CN=C(NCCC1=CCCC1)NCc1ccc(S(C)(=O)=O)c(C)c1. The molecule has 0 heterocycles. The van der Waals surface area contributed by atoms with Gasteiger partial charge in [-0.2, -0.15) is 0 Å². The van der Waals surface area contributed by atoms with Gasteiger partial charge in [-0.25, -0.2) is 8.42 Å². The molecule has 24 heavy (non-hydrogen) atoms. The molecule has 0 aromatic heterocycles. The fourth-order valence-electron chi connectivity index (χ4n) is 2.95. The number of hydrogen-bond acceptors (Lipinski definition) is 3. The lowest BCUT2D eigenvalue weighted by Gasteiger charge is -2.13. The minimum Gasteiger partial charge on any atom is -0.356 e. The van der Waals surface area contributed by atoms with Crippen LogP contribution in [0.15, 0.2) is 39.7 Å². The monoisotopic (exact) mass is 349 g/mol. The van der Waals surface area contributed by atoms with E-state index in [-0.39, 0.29) is 0 Å². The molecular formula is C18H27N3O2S. The number of aliphatic imine (C=N–C) groups is 1. The van der Waals surface area contributed by atoms with Gasteiger partial charge in [0.1, 0.15) is 0 Å². The lowest BCUT2D eigenvalue weighted by molar-refractivity contribution is 0.601. The summed E-state index contributed by atoms with van der Waals surface area (Å²) in [5, 5.41) is 6.59. The van der Waals surface area contributed by atoms with E-state index in [1.807, 2.05) is 19.1 Å². The topological polar surface area (TPSA) is 70.6 Å². The van der Waals surface area contributed by atoms with Crippen molar-refractivity contribution in [1.82, 2.24) is 10.6 Å². The third kappa shape index (κ3) is 5.37. The lowest BCUT2D eigenvalue weighted by atomic mass is 10.1. The molecule has 1 aromatic carbocycles. The minimum atomic E-state index is -3.17. The highest BCUT2D eigenvalue weighted by Crippen LogP contribution is 2.19. The molecule has 0 saturated carbocycles. The standard InChI is InChI=1S/C18H27N3O2S/c1-14-12-16(8-9-17(14)24(3,22)23)13-21-18(19-2)20-11-10-15-6-4-5-7-15/h6,8-9,12H,4-5,7,10-11,13H2,1-3H3,(H2,19,20,21). The van der Waals surface area contributed by atoms with Crippen molar-refractivity contribution < 1.29 is 8.42 Å². The number of allylic oxidation sites excluding steroid dienone is 1. The maximum absolute atomic E-state index is 11.7. The fraction of sp³-hybridized carbons (Fsp3) is 0.500. The highest BCUT2D eigenvalue weighted by atomic mass is 32.2. The van der Waals surface area contributed by atoms with Crippen molar-refractivity contribution in [3.05, 3.63) is 41.0 Å². The molecule has 0 bridgehead atoms. The van der Waals surface area contributed by atoms with Crippen molar-refractivity contribution in [3.8, 4) is 0 Å². The molecule has 0 atom stereocenters. The van der Waals surface area contributed by atoms with Gasteiger partial charge in [0.2, 0.25) is 0 Å². The Kier molecular flexibility index (Phi) is 6.43. The summed E-state index contributed by atoms with van der Waals surface area (Å²) in [4.78, 5) is 4.61. The second-order valence-corrected chi connectivity index (χ2v) is 8.21. The molecule has 0 spiro atoms. The zero-order chi connectivity index (χ0) is 17.6. The first kappa shape index (κ1) is 18.5. The van der Waals surface area contributed by atoms with Gasteiger partial charge in [0.15, 0.2) is 15.8 Å². The van der Waals surface area contributed by atoms with Gasteiger partial charge in [-0.15, -0.1) is 0 Å². The van der Waals surface area contributed by atoms with E-state index in [9.17, 15) is 8.42 Å². The second-order valence-electron chi connectivity index (χ2n) is 6.23. The largest absolute Gasteiger partial charge is 0.356 e. The number of hydrogen-bond donors (Lipinski definition) is 2. The average molecular weight is 350 g/mol. The van der Waals surface area contributed by atoms with E-state index in [2.05, 4.69) is 21.7 Å². The summed E-state index contributed by atoms with van der Waals surface area (Å²) in [6, 6.07) is 5.41. The Bertz CT molecular complexity index is 737. The van der Waals surface area contributed by atoms with Crippen LogP contribution in [0.3, 0.4) is 0 Å². The Hall–Kier alpha value is -1.82. The first-order valence-electron chi connectivity index (χ1n) is 8.32. The summed E-state index contributed by atoms with van der Waals surface area (Å²) in [7, 11) is -1.42. The quantitative estimate of drug-likeness (QED) is 0.470. The highest BCUT2D eigenvalue weighted by Gasteiger charge is 2.11. The molecular weight excluding hydrogens is 322 g/mol. The highest BCUT2D eigenvalue weighted by molar-refractivity contribution is 7.90. The van der Waals surface area contributed by atoms with E-state index in [0.717, 1.165) is 30.1 Å². The summed E-state index contributed by atoms with van der Waals surface area (Å²) < 4.78 is 23.3. The van der Waals surface area contributed by atoms with Crippen molar-refractivity contribution >= 4 is 15.8 Å². The van der Waals surface area contributed by atoms with Gasteiger partial charge in [0, 0.05) is 26.4 Å². The van der Waals surface area contributed by atoms with Crippen LogP contribution in [-0.2, 0) is 16.4 Å². The Morgan fingerprint density at radius 1 is 1.29 bits per heavy atom. The molecule has 5 nitrogen and oxygen atoms in total. The van der Waals surface area contributed by atoms with Crippen LogP contribution in [0.2, 0.25) is 0 Å². The number of nitrogens with one attached hydrogen (secondary N) is 2. The predicted molar refractivity (Wildman–Crippen MR) is 99.0 cm³/mol. The van der Waals surface area contributed by atoms with Crippen molar-refractivity contribution in [1.29, 1.82) is 0 Å². The number of nitrogens with zero attached hydrogens (tertiary/aromatic N) is 1. The van der Waals surface area contributed by atoms with Crippen molar-refractivity contribution in [2.24, 2.45) is 4.99 Å². The minimum absolute atomic E-state index is 0.388. The summed E-state index contributed by atoms with van der Waals surface area (Å²) >= 11 is 0. The normalized spacial score (nSPS) is 15.3. The summed E-state index contributed by atoms with van der Waals surface area (Å²) in [5.74, 6) is 0.762.